The molecule has 0 saturated carbocycles. The van der Waals surface area contributed by atoms with Crippen molar-refractivity contribution in [3.8, 4) is 11.5 Å². The van der Waals surface area contributed by atoms with Crippen LogP contribution in [0.25, 0.3) is 11.5 Å². The van der Waals surface area contributed by atoms with Gasteiger partial charge in [-0.15, -0.1) is 0 Å². The van der Waals surface area contributed by atoms with Crippen LogP contribution in [0.5, 0.6) is 0 Å². The van der Waals surface area contributed by atoms with Crippen LogP contribution in [0.15, 0.2) is 12.7 Å². The van der Waals surface area contributed by atoms with Crippen LogP contribution in [0.4, 0.5) is 5.82 Å². The van der Waals surface area contributed by atoms with Crippen molar-refractivity contribution in [1.29, 1.82) is 0 Å². The van der Waals surface area contributed by atoms with E-state index < -0.39 is 0 Å². The van der Waals surface area contributed by atoms with E-state index in [1.807, 2.05) is 0 Å². The van der Waals surface area contributed by atoms with Crippen LogP contribution < -0.4 is 11.6 Å². The van der Waals surface area contributed by atoms with Crippen LogP contribution in [0.2, 0.25) is 0 Å². The predicted octanol–water partition coefficient (Wildman–Crippen LogP) is -0.539. The van der Waals surface area contributed by atoms with E-state index in [0.717, 1.165) is 0 Å². The summed E-state index contributed by atoms with van der Waals surface area (Å²) in [4.78, 5) is 11.6. The third kappa shape index (κ3) is 2.78. The van der Waals surface area contributed by atoms with Crippen LogP contribution in [0, 0.1) is 0 Å². The van der Waals surface area contributed by atoms with Gasteiger partial charge in [0.15, 0.2) is 17.3 Å². The first-order valence-corrected chi connectivity index (χ1v) is 4.39. The van der Waals surface area contributed by atoms with Gasteiger partial charge >= 0.3 is 0 Å². The average molecular weight is 210 g/mol. The molecule has 0 aromatic heterocycles. The highest BCUT2D eigenvalue weighted by Crippen LogP contribution is 2.18. The van der Waals surface area contributed by atoms with Crippen molar-refractivity contribution >= 4 is 5.82 Å². The van der Waals surface area contributed by atoms with Gasteiger partial charge in [0.25, 0.3) is 0 Å². The molecule has 2 heterocycles. The normalized spacial score (nSPS) is 10.1. The number of fused-ring (bicyclic) bond motifs is 1. The Hall–Kier alpha value is -1.89. The Morgan fingerprint density at radius 2 is 1.93 bits per heavy atom. The maximum Gasteiger partial charge on any atom is 0.185 e. The molecule has 7 heteroatoms. The highest BCUT2D eigenvalue weighted by Gasteiger charge is 2.11. The van der Waals surface area contributed by atoms with Gasteiger partial charge in [0.2, 0.25) is 0 Å². The van der Waals surface area contributed by atoms with Gasteiger partial charge in [-0.25, -0.2) is 19.6 Å². The van der Waals surface area contributed by atoms with E-state index >= 15 is 0 Å². The molecule has 0 radical (unpaired) electrons. The predicted molar refractivity (Wildman–Crippen MR) is 56.4 cm³/mol. The maximum absolute atomic E-state index is 8.06. The SMILES string of the molecule is CC(C)O.Nc1c2ncnc-2ncn1N. The standard InChI is InChI=1S/C5H6N6.C3H8O/c6-4-3-5(9-1-8-3)10-2-11(4)7;1-3(2)4/h1-2H,6-7H2;3-4H,1-2H3. The summed E-state index contributed by atoms with van der Waals surface area (Å²) >= 11 is 0. The van der Waals surface area contributed by atoms with E-state index in [2.05, 4.69) is 15.0 Å². The van der Waals surface area contributed by atoms with Gasteiger partial charge in [0, 0.05) is 6.10 Å². The molecule has 0 fully saturated rings. The first kappa shape index (κ1) is 11.2. The number of imidazole rings is 1. The zero-order valence-electron chi connectivity index (χ0n) is 8.62. The second-order valence-corrected chi connectivity index (χ2v) is 3.18. The summed E-state index contributed by atoms with van der Waals surface area (Å²) in [6.07, 6.45) is 2.63. The van der Waals surface area contributed by atoms with Gasteiger partial charge in [0.05, 0.1) is 0 Å². The van der Waals surface area contributed by atoms with Gasteiger partial charge in [-0.1, -0.05) is 0 Å². The smallest absolute Gasteiger partial charge is 0.185 e. The molecule has 0 bridgehead atoms. The Morgan fingerprint density at radius 1 is 1.33 bits per heavy atom. The monoisotopic (exact) mass is 210 g/mol. The first-order chi connectivity index (χ1) is 7.02. The number of rotatable bonds is 0. The molecular formula is C8H14N6O. The number of nitrogen functional groups attached to an aromatic ring is 2. The first-order valence-electron chi connectivity index (χ1n) is 4.39. The molecule has 0 amide bonds. The summed E-state index contributed by atoms with van der Waals surface area (Å²) < 4.78 is 1.21. The third-order valence-electron chi connectivity index (χ3n) is 1.40. The van der Waals surface area contributed by atoms with Crippen LogP contribution >= 0.6 is 0 Å². The van der Waals surface area contributed by atoms with Crippen LogP contribution in [0.3, 0.4) is 0 Å². The fraction of sp³-hybridized carbons (Fsp3) is 0.375. The molecule has 0 saturated heterocycles. The number of anilines is 1. The van der Waals surface area contributed by atoms with Crippen molar-refractivity contribution in [3.05, 3.63) is 12.7 Å². The fourth-order valence-electron chi connectivity index (χ4n) is 0.837. The van der Waals surface area contributed by atoms with E-state index in [9.17, 15) is 0 Å². The minimum Gasteiger partial charge on any atom is -0.394 e. The number of hydrogen-bond acceptors (Lipinski definition) is 6. The Kier molecular flexibility index (Phi) is 3.40. The van der Waals surface area contributed by atoms with Crippen molar-refractivity contribution in [1.82, 2.24) is 19.6 Å². The van der Waals surface area contributed by atoms with Crippen molar-refractivity contribution in [2.45, 2.75) is 20.0 Å². The Labute approximate surface area is 87.1 Å². The van der Waals surface area contributed by atoms with Crippen LogP contribution in [-0.4, -0.2) is 30.8 Å². The summed E-state index contributed by atoms with van der Waals surface area (Å²) in [6, 6.07) is 0. The molecule has 0 atom stereocenters. The molecule has 15 heavy (non-hydrogen) atoms. The average Bonchev–Trinajstić information content (AvgIpc) is 2.59. The van der Waals surface area contributed by atoms with E-state index in [4.69, 9.17) is 16.7 Å². The largest absolute Gasteiger partial charge is 0.394 e. The Bertz CT molecular complexity index is 396. The highest BCUT2D eigenvalue weighted by molar-refractivity contribution is 5.64. The van der Waals surface area contributed by atoms with Crippen LogP contribution in [-0.2, 0) is 0 Å². The topological polar surface area (TPSA) is 116 Å². The van der Waals surface area contributed by atoms with E-state index in [1.165, 1.54) is 17.3 Å². The van der Waals surface area contributed by atoms with E-state index in [1.54, 1.807) is 13.8 Å². The van der Waals surface area contributed by atoms with Gasteiger partial charge < -0.3 is 16.7 Å². The minimum absolute atomic E-state index is 0.167. The minimum atomic E-state index is -0.167. The number of aliphatic hydroxyl groups excluding tert-OH is 1. The van der Waals surface area contributed by atoms with Crippen molar-refractivity contribution in [2.24, 2.45) is 0 Å². The van der Waals surface area contributed by atoms with Gasteiger partial charge in [-0.05, 0) is 13.8 Å². The second-order valence-electron chi connectivity index (χ2n) is 3.18. The Balaban J connectivity index is 0.000000245. The van der Waals surface area contributed by atoms with E-state index in [0.29, 0.717) is 17.3 Å². The Morgan fingerprint density at radius 3 is 2.53 bits per heavy atom. The van der Waals surface area contributed by atoms with Crippen molar-refractivity contribution in [2.75, 3.05) is 11.6 Å². The van der Waals surface area contributed by atoms with E-state index in [-0.39, 0.29) is 6.10 Å². The number of hydrogen-bond donors (Lipinski definition) is 3. The molecule has 2 aliphatic heterocycles. The number of aromatic nitrogens is 4. The molecule has 2 rings (SSSR count). The molecule has 2 aliphatic rings. The summed E-state index contributed by atoms with van der Waals surface area (Å²) in [5.41, 5.74) is 6.10. The van der Waals surface area contributed by atoms with Crippen molar-refractivity contribution in [3.63, 3.8) is 0 Å². The zero-order valence-corrected chi connectivity index (χ0v) is 8.62. The van der Waals surface area contributed by atoms with Crippen molar-refractivity contribution < 1.29 is 5.11 Å². The fourth-order valence-corrected chi connectivity index (χ4v) is 0.837. The summed E-state index contributed by atoms with van der Waals surface area (Å²) in [7, 11) is 0. The molecule has 7 nitrogen and oxygen atoms in total. The molecule has 0 spiro atoms. The lowest BCUT2D eigenvalue weighted by Crippen LogP contribution is -2.16. The van der Waals surface area contributed by atoms with Crippen LogP contribution in [0.1, 0.15) is 13.8 Å². The molecule has 5 N–H and O–H groups in total. The summed E-state index contributed by atoms with van der Waals surface area (Å²) in [5.74, 6) is 6.29. The quantitative estimate of drug-likeness (QED) is 0.503. The molecule has 0 unspecified atom stereocenters. The summed E-state index contributed by atoms with van der Waals surface area (Å²) in [6.45, 7) is 3.44. The third-order valence-corrected chi connectivity index (χ3v) is 1.40. The lowest BCUT2D eigenvalue weighted by atomic mass is 10.4. The number of aliphatic hydroxyl groups is 1. The number of nitrogens with two attached hydrogens (primary N) is 2. The molecule has 82 valence electrons. The van der Waals surface area contributed by atoms with Gasteiger partial charge in [0.1, 0.15) is 12.7 Å². The molecule has 0 aromatic rings. The highest BCUT2D eigenvalue weighted by atomic mass is 16.3. The zero-order chi connectivity index (χ0) is 11.4. The molecular weight excluding hydrogens is 196 g/mol. The van der Waals surface area contributed by atoms with Gasteiger partial charge in [-0.2, -0.15) is 0 Å². The molecule has 0 aliphatic carbocycles. The number of nitrogens with zero attached hydrogens (tertiary/aromatic N) is 4. The maximum atomic E-state index is 8.06. The lowest BCUT2D eigenvalue weighted by molar-refractivity contribution is 0.216. The molecule has 0 aromatic carbocycles. The van der Waals surface area contributed by atoms with Gasteiger partial charge in [-0.3, -0.25) is 0 Å². The summed E-state index contributed by atoms with van der Waals surface area (Å²) in [5, 5.41) is 8.06. The second kappa shape index (κ2) is 4.56. The lowest BCUT2D eigenvalue weighted by Gasteiger charge is -2.04.